The zero-order valence-corrected chi connectivity index (χ0v) is 11.3. The van der Waals surface area contributed by atoms with Gasteiger partial charge in [-0.1, -0.05) is 49.6 Å². The molecule has 0 aromatic carbocycles. The van der Waals surface area contributed by atoms with Crippen LogP contribution in [0, 0.1) is 11.8 Å². The summed E-state index contributed by atoms with van der Waals surface area (Å²) in [6.07, 6.45) is 9.91. The first-order valence-electron chi connectivity index (χ1n) is 6.30. The molecule has 1 rings (SSSR count). The number of primary amides is 1. The number of amides is 1. The van der Waals surface area contributed by atoms with E-state index in [1.807, 2.05) is 25.2 Å². The molecule has 0 aromatic heterocycles. The van der Waals surface area contributed by atoms with E-state index in [1.54, 1.807) is 6.08 Å². The lowest BCUT2D eigenvalue weighted by Crippen LogP contribution is -2.14. The second kappa shape index (κ2) is 7.23. The van der Waals surface area contributed by atoms with Crippen LogP contribution in [-0.4, -0.2) is 5.91 Å². The van der Waals surface area contributed by atoms with E-state index >= 15 is 0 Å². The van der Waals surface area contributed by atoms with Crippen LogP contribution in [0.4, 0.5) is 0 Å². The highest BCUT2D eigenvalue weighted by Crippen LogP contribution is 2.16. The summed E-state index contributed by atoms with van der Waals surface area (Å²) in [6.45, 7) is 9.79. The minimum atomic E-state index is -0.406. The largest absolute Gasteiger partial charge is 0.366 e. The number of nitrogens with two attached hydrogens (primary N) is 1. The predicted octanol–water partition coefficient (Wildman–Crippen LogP) is 3.20. The Hall–Kier alpha value is -2.27. The Balaban J connectivity index is 2.71. The molecule has 98 valence electrons. The molecular formula is C17H19NO. The lowest BCUT2D eigenvalue weighted by atomic mass is 9.99. The molecule has 2 N–H and O–H groups in total. The normalized spacial score (nSPS) is 14.2. The SMILES string of the molecule is C=C(C#CC1=CC(C(N)=O)=CCC1)/C=C\C(=C)CC. The fourth-order valence-electron chi connectivity index (χ4n) is 1.51. The fraction of sp³-hybridized carbons (Fsp3) is 0.235. The first-order valence-corrected chi connectivity index (χ1v) is 6.30. The van der Waals surface area contributed by atoms with E-state index in [2.05, 4.69) is 25.0 Å². The minimum Gasteiger partial charge on any atom is -0.366 e. The summed E-state index contributed by atoms with van der Waals surface area (Å²) in [7, 11) is 0. The molecule has 1 amide bonds. The van der Waals surface area contributed by atoms with Gasteiger partial charge in [0.15, 0.2) is 0 Å². The van der Waals surface area contributed by atoms with E-state index in [9.17, 15) is 4.79 Å². The van der Waals surface area contributed by atoms with Crippen LogP contribution >= 0.6 is 0 Å². The van der Waals surface area contributed by atoms with E-state index < -0.39 is 5.91 Å². The number of carbonyl (C=O) groups is 1. The number of hydrogen-bond acceptors (Lipinski definition) is 1. The van der Waals surface area contributed by atoms with Crippen molar-refractivity contribution in [1.29, 1.82) is 0 Å². The third-order valence-corrected chi connectivity index (χ3v) is 2.75. The smallest absolute Gasteiger partial charge is 0.248 e. The molecule has 0 atom stereocenters. The molecule has 19 heavy (non-hydrogen) atoms. The van der Waals surface area contributed by atoms with Crippen molar-refractivity contribution in [3.05, 3.63) is 59.8 Å². The van der Waals surface area contributed by atoms with E-state index in [0.29, 0.717) is 5.57 Å². The van der Waals surface area contributed by atoms with Crippen molar-refractivity contribution in [2.75, 3.05) is 0 Å². The van der Waals surface area contributed by atoms with Crippen LogP contribution in [0.1, 0.15) is 26.2 Å². The molecule has 0 fully saturated rings. The second-order valence-electron chi connectivity index (χ2n) is 4.35. The maximum atomic E-state index is 11.1. The zero-order chi connectivity index (χ0) is 14.3. The Morgan fingerprint density at radius 3 is 2.84 bits per heavy atom. The maximum Gasteiger partial charge on any atom is 0.248 e. The number of allylic oxidation sites excluding steroid dienone is 6. The van der Waals surface area contributed by atoms with Crippen LogP contribution in [0.2, 0.25) is 0 Å². The lowest BCUT2D eigenvalue weighted by molar-refractivity contribution is -0.114. The summed E-state index contributed by atoms with van der Waals surface area (Å²) >= 11 is 0. The third kappa shape index (κ3) is 5.27. The van der Waals surface area contributed by atoms with Crippen molar-refractivity contribution in [3.63, 3.8) is 0 Å². The molecule has 1 aliphatic carbocycles. The molecule has 2 heteroatoms. The van der Waals surface area contributed by atoms with Crippen molar-refractivity contribution in [1.82, 2.24) is 0 Å². The predicted molar refractivity (Wildman–Crippen MR) is 80.1 cm³/mol. The number of rotatable bonds is 4. The first kappa shape index (κ1) is 14.8. The quantitative estimate of drug-likeness (QED) is 0.607. The third-order valence-electron chi connectivity index (χ3n) is 2.75. The topological polar surface area (TPSA) is 43.1 Å². The van der Waals surface area contributed by atoms with Gasteiger partial charge in [0, 0.05) is 16.7 Å². The molecule has 0 spiro atoms. The highest BCUT2D eigenvalue weighted by molar-refractivity contribution is 5.95. The first-order chi connectivity index (χ1) is 9.02. The average Bonchev–Trinajstić information content (AvgIpc) is 2.42. The van der Waals surface area contributed by atoms with Gasteiger partial charge < -0.3 is 5.73 Å². The van der Waals surface area contributed by atoms with E-state index in [1.165, 1.54) is 0 Å². The Labute approximate surface area is 115 Å². The van der Waals surface area contributed by atoms with Gasteiger partial charge in [0.2, 0.25) is 5.91 Å². The summed E-state index contributed by atoms with van der Waals surface area (Å²) in [5.74, 6) is 5.60. The van der Waals surface area contributed by atoms with Gasteiger partial charge in [-0.05, 0) is 31.4 Å². The molecule has 0 radical (unpaired) electrons. The molecule has 0 unspecified atom stereocenters. The molecule has 0 saturated carbocycles. The van der Waals surface area contributed by atoms with E-state index in [0.717, 1.165) is 36.0 Å². The summed E-state index contributed by atoms with van der Waals surface area (Å²) in [4.78, 5) is 11.1. The molecule has 0 bridgehead atoms. The van der Waals surface area contributed by atoms with Gasteiger partial charge in [0.25, 0.3) is 0 Å². The van der Waals surface area contributed by atoms with Gasteiger partial charge in [-0.3, -0.25) is 4.79 Å². The van der Waals surface area contributed by atoms with Gasteiger partial charge in [-0.15, -0.1) is 0 Å². The van der Waals surface area contributed by atoms with Crippen LogP contribution < -0.4 is 5.73 Å². The van der Waals surface area contributed by atoms with Crippen LogP contribution in [0.25, 0.3) is 0 Å². The molecule has 2 nitrogen and oxygen atoms in total. The van der Waals surface area contributed by atoms with Crippen molar-refractivity contribution in [2.24, 2.45) is 5.73 Å². The molecular weight excluding hydrogens is 234 g/mol. The maximum absolute atomic E-state index is 11.1. The van der Waals surface area contributed by atoms with Crippen LogP contribution in [0.15, 0.2) is 59.8 Å². The Morgan fingerprint density at radius 2 is 2.21 bits per heavy atom. The van der Waals surface area contributed by atoms with Crippen LogP contribution in [0.3, 0.4) is 0 Å². The van der Waals surface area contributed by atoms with Gasteiger partial charge in [-0.2, -0.15) is 0 Å². The fourth-order valence-corrected chi connectivity index (χ4v) is 1.51. The zero-order valence-electron chi connectivity index (χ0n) is 11.3. The monoisotopic (exact) mass is 253 g/mol. The van der Waals surface area contributed by atoms with Crippen LogP contribution in [-0.2, 0) is 4.79 Å². The van der Waals surface area contributed by atoms with Gasteiger partial charge in [-0.25, -0.2) is 0 Å². The lowest BCUT2D eigenvalue weighted by Gasteiger charge is -2.06. The summed E-state index contributed by atoms with van der Waals surface area (Å²) < 4.78 is 0. The van der Waals surface area contributed by atoms with Gasteiger partial charge >= 0.3 is 0 Å². The van der Waals surface area contributed by atoms with Crippen molar-refractivity contribution < 1.29 is 4.79 Å². The number of hydrogen-bond donors (Lipinski definition) is 1. The Bertz CT molecular complexity index is 548. The summed E-state index contributed by atoms with van der Waals surface area (Å²) in [5.41, 5.74) is 8.47. The van der Waals surface area contributed by atoms with Crippen LogP contribution in [0.5, 0.6) is 0 Å². The standard InChI is InChI=1S/C17H19NO/c1-4-13(2)8-9-14(3)10-11-15-6-5-7-16(12-15)17(18)19/h7-9,12H,2-6H2,1H3,(H2,18,19)/b9-8-. The highest BCUT2D eigenvalue weighted by Gasteiger charge is 2.07. The molecule has 0 saturated heterocycles. The van der Waals surface area contributed by atoms with Gasteiger partial charge in [0.05, 0.1) is 0 Å². The van der Waals surface area contributed by atoms with Gasteiger partial charge in [0.1, 0.15) is 0 Å². The highest BCUT2D eigenvalue weighted by atomic mass is 16.1. The molecule has 0 heterocycles. The van der Waals surface area contributed by atoms with Crippen molar-refractivity contribution in [2.45, 2.75) is 26.2 Å². The second-order valence-corrected chi connectivity index (χ2v) is 4.35. The Morgan fingerprint density at radius 1 is 1.47 bits per heavy atom. The molecule has 0 aromatic rings. The number of carbonyl (C=O) groups excluding carboxylic acids is 1. The Kier molecular flexibility index (Phi) is 5.63. The summed E-state index contributed by atoms with van der Waals surface area (Å²) in [6, 6.07) is 0. The summed E-state index contributed by atoms with van der Waals surface area (Å²) in [5, 5.41) is 0. The van der Waals surface area contributed by atoms with E-state index in [-0.39, 0.29) is 0 Å². The van der Waals surface area contributed by atoms with Crippen molar-refractivity contribution >= 4 is 5.91 Å². The van der Waals surface area contributed by atoms with Crippen molar-refractivity contribution in [3.8, 4) is 11.8 Å². The molecule has 0 aliphatic heterocycles. The average molecular weight is 253 g/mol. The van der Waals surface area contributed by atoms with E-state index in [4.69, 9.17) is 5.73 Å². The molecule has 1 aliphatic rings. The minimum absolute atomic E-state index is 0.406.